The van der Waals surface area contributed by atoms with Crippen LogP contribution < -0.4 is 5.32 Å². The molecule has 0 bridgehead atoms. The molecule has 1 aromatic heterocycles. The van der Waals surface area contributed by atoms with Crippen molar-refractivity contribution in [3.63, 3.8) is 0 Å². The molecule has 3 unspecified atom stereocenters. The summed E-state index contributed by atoms with van der Waals surface area (Å²) in [4.78, 5) is 26.1. The van der Waals surface area contributed by atoms with Crippen LogP contribution >= 0.6 is 11.8 Å². The van der Waals surface area contributed by atoms with Gasteiger partial charge in [0.2, 0.25) is 11.8 Å². The molecular weight excluding hydrogens is 288 g/mol. The zero-order valence-electron chi connectivity index (χ0n) is 12.8. The summed E-state index contributed by atoms with van der Waals surface area (Å²) >= 11 is 1.59. The van der Waals surface area contributed by atoms with Gasteiger partial charge >= 0.3 is 0 Å². The molecule has 2 heterocycles. The number of amides is 2. The first-order chi connectivity index (χ1) is 9.91. The van der Waals surface area contributed by atoms with Gasteiger partial charge < -0.3 is 14.6 Å². The van der Waals surface area contributed by atoms with Gasteiger partial charge in [-0.1, -0.05) is 13.8 Å². The summed E-state index contributed by atoms with van der Waals surface area (Å²) in [5.74, 6) is 0.790. The molecule has 0 saturated carbocycles. The van der Waals surface area contributed by atoms with Gasteiger partial charge in [0, 0.05) is 24.3 Å². The first-order valence-electron chi connectivity index (χ1n) is 7.14. The van der Waals surface area contributed by atoms with Gasteiger partial charge in [0.05, 0.1) is 12.5 Å². The minimum Gasteiger partial charge on any atom is -0.472 e. The normalized spacial score (nSPS) is 23.4. The van der Waals surface area contributed by atoms with E-state index >= 15 is 0 Å². The maximum Gasteiger partial charge on any atom is 0.243 e. The Morgan fingerprint density at radius 1 is 1.43 bits per heavy atom. The second-order valence-corrected chi connectivity index (χ2v) is 6.84. The molecule has 0 radical (unpaired) electrons. The van der Waals surface area contributed by atoms with E-state index in [1.807, 2.05) is 13.0 Å². The molecule has 1 fully saturated rings. The van der Waals surface area contributed by atoms with E-state index in [0.717, 1.165) is 5.56 Å². The van der Waals surface area contributed by atoms with Gasteiger partial charge in [-0.05, 0) is 18.9 Å². The SMILES string of the molecule is CC(=O)N1C(C(=O)NC(C)C(C)C)CSC1c1ccoc1. The zero-order chi connectivity index (χ0) is 15.6. The van der Waals surface area contributed by atoms with Crippen LogP contribution in [0.1, 0.15) is 38.6 Å². The fourth-order valence-corrected chi connectivity index (χ4v) is 3.71. The zero-order valence-corrected chi connectivity index (χ0v) is 13.6. The summed E-state index contributed by atoms with van der Waals surface area (Å²) < 4.78 is 5.09. The van der Waals surface area contributed by atoms with Crippen LogP contribution in [0.4, 0.5) is 0 Å². The molecule has 3 atom stereocenters. The number of hydrogen-bond acceptors (Lipinski definition) is 4. The van der Waals surface area contributed by atoms with Crippen molar-refractivity contribution < 1.29 is 14.0 Å². The summed E-state index contributed by atoms with van der Waals surface area (Å²) in [5.41, 5.74) is 0.919. The summed E-state index contributed by atoms with van der Waals surface area (Å²) in [6.07, 6.45) is 3.22. The number of hydrogen-bond donors (Lipinski definition) is 1. The van der Waals surface area contributed by atoms with E-state index in [1.165, 1.54) is 6.92 Å². The Labute approximate surface area is 129 Å². The molecule has 1 aliphatic rings. The van der Waals surface area contributed by atoms with Gasteiger partial charge in [-0.15, -0.1) is 11.8 Å². The second kappa shape index (κ2) is 6.56. The summed E-state index contributed by atoms with van der Waals surface area (Å²) in [5, 5.41) is 2.86. The van der Waals surface area contributed by atoms with E-state index in [-0.39, 0.29) is 23.2 Å². The Balaban J connectivity index is 2.13. The molecule has 1 aromatic rings. The lowest BCUT2D eigenvalue weighted by Gasteiger charge is -2.28. The number of nitrogens with one attached hydrogen (secondary N) is 1. The Hall–Kier alpha value is -1.43. The number of thioether (sulfide) groups is 1. The van der Waals surface area contributed by atoms with Gasteiger partial charge in [-0.3, -0.25) is 9.59 Å². The lowest BCUT2D eigenvalue weighted by Crippen LogP contribution is -2.50. The number of rotatable bonds is 4. The summed E-state index contributed by atoms with van der Waals surface area (Å²) in [6, 6.07) is 1.50. The van der Waals surface area contributed by atoms with Gasteiger partial charge in [0.25, 0.3) is 0 Å². The summed E-state index contributed by atoms with van der Waals surface area (Å²) in [6.45, 7) is 7.61. The molecule has 2 rings (SSSR count). The van der Waals surface area contributed by atoms with Crippen LogP contribution in [0.3, 0.4) is 0 Å². The first kappa shape index (κ1) is 15.9. The Morgan fingerprint density at radius 3 is 2.67 bits per heavy atom. The van der Waals surface area contributed by atoms with Gasteiger partial charge in [-0.25, -0.2) is 0 Å². The largest absolute Gasteiger partial charge is 0.472 e. The van der Waals surface area contributed by atoms with Crippen LogP contribution in [0, 0.1) is 5.92 Å². The predicted octanol–water partition coefficient (Wildman–Crippen LogP) is 2.40. The highest BCUT2D eigenvalue weighted by atomic mass is 32.2. The molecule has 116 valence electrons. The Morgan fingerprint density at radius 2 is 2.14 bits per heavy atom. The van der Waals surface area contributed by atoms with Crippen molar-refractivity contribution >= 4 is 23.6 Å². The van der Waals surface area contributed by atoms with E-state index in [4.69, 9.17) is 4.42 Å². The molecular formula is C15H22N2O3S. The quantitative estimate of drug-likeness (QED) is 0.927. The monoisotopic (exact) mass is 310 g/mol. The van der Waals surface area contributed by atoms with Crippen LogP contribution in [0.2, 0.25) is 0 Å². The van der Waals surface area contributed by atoms with Crippen molar-refractivity contribution in [2.45, 2.75) is 45.2 Å². The third-order valence-electron chi connectivity index (χ3n) is 3.86. The topological polar surface area (TPSA) is 62.6 Å². The van der Waals surface area contributed by atoms with Crippen molar-refractivity contribution in [1.82, 2.24) is 10.2 Å². The van der Waals surface area contributed by atoms with Crippen molar-refractivity contribution in [1.29, 1.82) is 0 Å². The third-order valence-corrected chi connectivity index (χ3v) is 5.19. The number of carbonyl (C=O) groups excluding carboxylic acids is 2. The molecule has 21 heavy (non-hydrogen) atoms. The molecule has 0 aliphatic carbocycles. The van der Waals surface area contributed by atoms with E-state index in [1.54, 1.807) is 29.2 Å². The standard InChI is InChI=1S/C15H22N2O3S/c1-9(2)10(3)16-14(19)13-8-21-15(17(13)11(4)18)12-5-6-20-7-12/h5-7,9-10,13,15H,8H2,1-4H3,(H,16,19). The minimum absolute atomic E-state index is 0.0788. The highest BCUT2D eigenvalue weighted by Gasteiger charge is 2.41. The van der Waals surface area contributed by atoms with E-state index < -0.39 is 6.04 Å². The number of furan rings is 1. The average molecular weight is 310 g/mol. The van der Waals surface area contributed by atoms with Gasteiger partial charge in [0.1, 0.15) is 11.4 Å². The van der Waals surface area contributed by atoms with Crippen molar-refractivity contribution in [2.24, 2.45) is 5.92 Å². The molecule has 1 aliphatic heterocycles. The van der Waals surface area contributed by atoms with E-state index in [9.17, 15) is 9.59 Å². The van der Waals surface area contributed by atoms with Gasteiger partial charge in [-0.2, -0.15) is 0 Å². The van der Waals surface area contributed by atoms with Crippen LogP contribution in [0.25, 0.3) is 0 Å². The molecule has 2 amide bonds. The van der Waals surface area contributed by atoms with Crippen molar-refractivity contribution in [2.75, 3.05) is 5.75 Å². The van der Waals surface area contributed by atoms with Crippen molar-refractivity contribution in [3.8, 4) is 0 Å². The first-order valence-corrected chi connectivity index (χ1v) is 8.19. The smallest absolute Gasteiger partial charge is 0.243 e. The summed E-state index contributed by atoms with van der Waals surface area (Å²) in [7, 11) is 0. The molecule has 1 N–H and O–H groups in total. The number of carbonyl (C=O) groups is 2. The Kier molecular flexibility index (Phi) is 4.98. The fourth-order valence-electron chi connectivity index (χ4n) is 2.25. The number of nitrogens with zero attached hydrogens (tertiary/aromatic N) is 1. The molecule has 5 nitrogen and oxygen atoms in total. The van der Waals surface area contributed by atoms with Gasteiger partial charge in [0.15, 0.2) is 0 Å². The highest BCUT2D eigenvalue weighted by molar-refractivity contribution is 7.99. The lowest BCUT2D eigenvalue weighted by atomic mass is 10.1. The van der Waals surface area contributed by atoms with Crippen LogP contribution in [0.15, 0.2) is 23.0 Å². The van der Waals surface area contributed by atoms with Crippen LogP contribution in [0.5, 0.6) is 0 Å². The molecule has 1 saturated heterocycles. The van der Waals surface area contributed by atoms with Crippen LogP contribution in [-0.2, 0) is 9.59 Å². The van der Waals surface area contributed by atoms with E-state index in [0.29, 0.717) is 11.7 Å². The van der Waals surface area contributed by atoms with Crippen molar-refractivity contribution in [3.05, 3.63) is 24.2 Å². The maximum atomic E-state index is 12.4. The molecule has 0 spiro atoms. The average Bonchev–Trinajstić information content (AvgIpc) is 3.06. The molecule has 6 heteroatoms. The molecule has 0 aromatic carbocycles. The second-order valence-electron chi connectivity index (χ2n) is 5.73. The Bertz CT molecular complexity index is 501. The third kappa shape index (κ3) is 3.43. The predicted molar refractivity (Wildman–Crippen MR) is 82.7 cm³/mol. The maximum absolute atomic E-state index is 12.4. The van der Waals surface area contributed by atoms with E-state index in [2.05, 4.69) is 19.2 Å². The highest BCUT2D eigenvalue weighted by Crippen LogP contribution is 2.41. The fraction of sp³-hybridized carbons (Fsp3) is 0.600. The minimum atomic E-state index is -0.423. The lowest BCUT2D eigenvalue weighted by molar-refractivity contribution is -0.138. The van der Waals surface area contributed by atoms with Crippen LogP contribution in [-0.4, -0.2) is 34.6 Å².